The lowest BCUT2D eigenvalue weighted by Crippen LogP contribution is -2.38. The zero-order valence-corrected chi connectivity index (χ0v) is 13.6. The Hall–Kier alpha value is -0.700. The highest BCUT2D eigenvalue weighted by Crippen LogP contribution is 2.26. The summed E-state index contributed by atoms with van der Waals surface area (Å²) in [6.45, 7) is 3.44. The number of nitrogen functional groups attached to an aromatic ring is 1. The summed E-state index contributed by atoms with van der Waals surface area (Å²) < 4.78 is 40.5. The van der Waals surface area contributed by atoms with Crippen molar-refractivity contribution in [2.24, 2.45) is 5.92 Å². The van der Waals surface area contributed by atoms with E-state index >= 15 is 0 Å². The lowest BCUT2D eigenvalue weighted by Gasteiger charge is -2.18. The number of anilines is 1. The lowest BCUT2D eigenvalue weighted by atomic mass is 10.1. The molecule has 0 spiro atoms. The molecule has 0 heterocycles. The molecule has 0 aliphatic rings. The monoisotopic (exact) mass is 368 g/mol. The fourth-order valence-electron chi connectivity index (χ4n) is 1.79. The summed E-state index contributed by atoms with van der Waals surface area (Å²) in [5, 5.41) is 9.21. The van der Waals surface area contributed by atoms with Crippen molar-refractivity contribution in [1.82, 2.24) is 4.72 Å². The Kier molecular flexibility index (Phi) is 5.93. The first-order valence-electron chi connectivity index (χ1n) is 6.05. The minimum absolute atomic E-state index is 0.0257. The van der Waals surface area contributed by atoms with Gasteiger partial charge in [0.1, 0.15) is 4.90 Å². The van der Waals surface area contributed by atoms with Gasteiger partial charge in [-0.2, -0.15) is 0 Å². The SMILES string of the molecule is CC(C)CC(CO)NS(=O)(=O)c1cc(N)cc(Br)c1F. The summed E-state index contributed by atoms with van der Waals surface area (Å²) in [6.07, 6.45) is 0.445. The number of nitrogens with one attached hydrogen (secondary N) is 1. The van der Waals surface area contributed by atoms with E-state index < -0.39 is 26.8 Å². The largest absolute Gasteiger partial charge is 0.399 e. The van der Waals surface area contributed by atoms with Gasteiger partial charge in [0.05, 0.1) is 11.1 Å². The van der Waals surface area contributed by atoms with Gasteiger partial charge < -0.3 is 10.8 Å². The van der Waals surface area contributed by atoms with Crippen LogP contribution in [0.2, 0.25) is 0 Å². The van der Waals surface area contributed by atoms with Crippen molar-refractivity contribution in [2.45, 2.75) is 31.2 Å². The zero-order chi connectivity index (χ0) is 15.5. The topological polar surface area (TPSA) is 92.4 Å². The maximum atomic E-state index is 13.9. The minimum Gasteiger partial charge on any atom is -0.399 e. The Morgan fingerprint density at radius 2 is 2.05 bits per heavy atom. The molecular weight excluding hydrogens is 351 g/mol. The number of rotatable bonds is 6. The molecule has 0 saturated carbocycles. The van der Waals surface area contributed by atoms with Crippen LogP contribution in [0.1, 0.15) is 20.3 Å². The van der Waals surface area contributed by atoms with E-state index in [4.69, 9.17) is 5.73 Å². The van der Waals surface area contributed by atoms with E-state index in [0.29, 0.717) is 6.42 Å². The molecule has 0 bridgehead atoms. The van der Waals surface area contributed by atoms with Crippen LogP contribution in [0.15, 0.2) is 21.5 Å². The average Bonchev–Trinajstić information content (AvgIpc) is 2.31. The number of benzene rings is 1. The Bertz CT molecular complexity index is 578. The van der Waals surface area contributed by atoms with Crippen LogP contribution in [-0.2, 0) is 10.0 Å². The molecule has 114 valence electrons. The van der Waals surface area contributed by atoms with Crippen LogP contribution in [0.3, 0.4) is 0 Å². The van der Waals surface area contributed by atoms with E-state index in [1.54, 1.807) is 0 Å². The maximum Gasteiger partial charge on any atom is 0.243 e. The summed E-state index contributed by atoms with van der Waals surface area (Å²) >= 11 is 2.92. The molecule has 5 nitrogen and oxygen atoms in total. The third kappa shape index (κ3) is 4.41. The van der Waals surface area contributed by atoms with Gasteiger partial charge in [-0.05, 0) is 40.4 Å². The van der Waals surface area contributed by atoms with Gasteiger partial charge in [0.25, 0.3) is 0 Å². The first-order chi connectivity index (χ1) is 9.17. The molecular formula is C12H18BrFN2O3S. The van der Waals surface area contributed by atoms with Gasteiger partial charge in [-0.25, -0.2) is 17.5 Å². The van der Waals surface area contributed by atoms with Crippen LogP contribution < -0.4 is 10.5 Å². The molecule has 0 amide bonds. The fraction of sp³-hybridized carbons (Fsp3) is 0.500. The molecule has 1 aromatic rings. The number of sulfonamides is 1. The molecule has 1 atom stereocenters. The second kappa shape index (κ2) is 6.84. The van der Waals surface area contributed by atoms with Crippen molar-refractivity contribution in [2.75, 3.05) is 12.3 Å². The normalized spacial score (nSPS) is 13.7. The predicted octanol–water partition coefficient (Wildman–Crippen LogP) is 1.86. The Labute approximate surface area is 126 Å². The van der Waals surface area contributed by atoms with Gasteiger partial charge in [-0.3, -0.25) is 0 Å². The minimum atomic E-state index is -4.09. The van der Waals surface area contributed by atoms with Crippen molar-refractivity contribution < 1.29 is 17.9 Å². The third-order valence-electron chi connectivity index (χ3n) is 2.60. The molecule has 4 N–H and O–H groups in total. The number of aliphatic hydroxyl groups is 1. The summed E-state index contributed by atoms with van der Waals surface area (Å²) in [7, 11) is -4.09. The first-order valence-corrected chi connectivity index (χ1v) is 8.32. The van der Waals surface area contributed by atoms with Gasteiger partial charge in [-0.15, -0.1) is 0 Å². The smallest absolute Gasteiger partial charge is 0.243 e. The quantitative estimate of drug-likeness (QED) is 0.668. The highest BCUT2D eigenvalue weighted by Gasteiger charge is 2.25. The Morgan fingerprint density at radius 1 is 1.45 bits per heavy atom. The van der Waals surface area contributed by atoms with Crippen LogP contribution in [0.4, 0.5) is 10.1 Å². The Morgan fingerprint density at radius 3 is 2.55 bits per heavy atom. The molecule has 0 saturated heterocycles. The van der Waals surface area contributed by atoms with Crippen molar-refractivity contribution >= 4 is 31.6 Å². The summed E-state index contributed by atoms with van der Waals surface area (Å²) in [4.78, 5) is -0.536. The van der Waals surface area contributed by atoms with Crippen molar-refractivity contribution in [3.8, 4) is 0 Å². The van der Waals surface area contributed by atoms with E-state index in [1.807, 2.05) is 13.8 Å². The summed E-state index contributed by atoms with van der Waals surface area (Å²) in [5.74, 6) is -0.722. The maximum absolute atomic E-state index is 13.9. The van der Waals surface area contributed by atoms with Gasteiger partial charge in [0, 0.05) is 11.7 Å². The molecule has 0 aliphatic heterocycles. The highest BCUT2D eigenvalue weighted by molar-refractivity contribution is 9.10. The number of halogens is 2. The lowest BCUT2D eigenvalue weighted by molar-refractivity contribution is 0.240. The van der Waals surface area contributed by atoms with Gasteiger partial charge in [0.2, 0.25) is 10.0 Å². The van der Waals surface area contributed by atoms with Crippen LogP contribution in [0.5, 0.6) is 0 Å². The van der Waals surface area contributed by atoms with Gasteiger partial charge in [0.15, 0.2) is 5.82 Å². The molecule has 8 heteroatoms. The van der Waals surface area contributed by atoms with E-state index in [2.05, 4.69) is 20.7 Å². The van der Waals surface area contributed by atoms with E-state index in [0.717, 1.165) is 6.07 Å². The zero-order valence-electron chi connectivity index (χ0n) is 11.2. The van der Waals surface area contributed by atoms with Gasteiger partial charge in [-0.1, -0.05) is 13.8 Å². The molecule has 0 aliphatic carbocycles. The summed E-state index contributed by atoms with van der Waals surface area (Å²) in [5.41, 5.74) is 5.66. The predicted molar refractivity (Wildman–Crippen MR) is 79.2 cm³/mol. The molecule has 0 radical (unpaired) electrons. The number of hydrogen-bond donors (Lipinski definition) is 3. The molecule has 1 rings (SSSR count). The molecule has 20 heavy (non-hydrogen) atoms. The van der Waals surface area contributed by atoms with E-state index in [-0.39, 0.29) is 22.7 Å². The molecule has 1 aromatic carbocycles. The highest BCUT2D eigenvalue weighted by atomic mass is 79.9. The van der Waals surface area contributed by atoms with Crippen LogP contribution in [0, 0.1) is 11.7 Å². The number of hydrogen-bond acceptors (Lipinski definition) is 4. The van der Waals surface area contributed by atoms with E-state index in [9.17, 15) is 17.9 Å². The standard InChI is InChI=1S/C12H18BrFN2O3S/c1-7(2)3-9(6-17)16-20(18,19)11-5-8(15)4-10(13)12(11)14/h4-5,7,9,16-17H,3,6,15H2,1-2H3. The second-order valence-electron chi connectivity index (χ2n) is 4.95. The number of nitrogens with two attached hydrogens (primary N) is 1. The number of aliphatic hydroxyl groups excluding tert-OH is 1. The van der Waals surface area contributed by atoms with Crippen LogP contribution >= 0.6 is 15.9 Å². The van der Waals surface area contributed by atoms with Crippen molar-refractivity contribution in [3.05, 3.63) is 22.4 Å². The van der Waals surface area contributed by atoms with E-state index in [1.165, 1.54) is 6.07 Å². The average molecular weight is 369 g/mol. The van der Waals surface area contributed by atoms with Crippen LogP contribution in [0.25, 0.3) is 0 Å². The molecule has 0 fully saturated rings. The fourth-order valence-corrected chi connectivity index (χ4v) is 3.77. The van der Waals surface area contributed by atoms with Gasteiger partial charge >= 0.3 is 0 Å². The first kappa shape index (κ1) is 17.4. The van der Waals surface area contributed by atoms with Crippen molar-refractivity contribution in [3.63, 3.8) is 0 Å². The van der Waals surface area contributed by atoms with Crippen LogP contribution in [-0.4, -0.2) is 26.2 Å². The second-order valence-corrected chi connectivity index (χ2v) is 7.48. The molecule has 0 aromatic heterocycles. The third-order valence-corrected chi connectivity index (χ3v) is 4.70. The molecule has 1 unspecified atom stereocenters. The Balaban J connectivity index is 3.11. The summed E-state index contributed by atoms with van der Waals surface area (Å²) in [6, 6.07) is 1.66. The van der Waals surface area contributed by atoms with Crippen molar-refractivity contribution in [1.29, 1.82) is 0 Å².